The van der Waals surface area contributed by atoms with E-state index in [2.05, 4.69) is 27.9 Å². The molecule has 5 heteroatoms. The van der Waals surface area contributed by atoms with Crippen molar-refractivity contribution in [3.63, 3.8) is 0 Å². The van der Waals surface area contributed by atoms with Gasteiger partial charge in [-0.05, 0) is 59.0 Å². The Hall–Kier alpha value is -2.28. The van der Waals surface area contributed by atoms with E-state index in [0.29, 0.717) is 22.5 Å². The highest BCUT2D eigenvalue weighted by molar-refractivity contribution is 14.1. The summed E-state index contributed by atoms with van der Waals surface area (Å²) in [7, 11) is 1.86. The fourth-order valence-electron chi connectivity index (χ4n) is 2.56. The summed E-state index contributed by atoms with van der Waals surface area (Å²) >= 11 is 2.18. The van der Waals surface area contributed by atoms with Crippen LogP contribution in [-0.4, -0.2) is 7.05 Å². The van der Waals surface area contributed by atoms with Crippen molar-refractivity contribution in [1.29, 1.82) is 0 Å². The first kappa shape index (κ1) is 14.3. The Morgan fingerprint density at radius 2 is 1.70 bits per heavy atom. The summed E-state index contributed by atoms with van der Waals surface area (Å²) < 4.78 is 12.7. The lowest BCUT2D eigenvalue weighted by Crippen LogP contribution is -2.00. The number of rotatable bonds is 2. The van der Waals surface area contributed by atoms with Gasteiger partial charge < -0.3 is 14.2 Å². The molecule has 0 aliphatic heterocycles. The molecule has 0 aliphatic rings. The van der Waals surface area contributed by atoms with Crippen molar-refractivity contribution in [1.82, 2.24) is 0 Å². The lowest BCUT2D eigenvalue weighted by Gasteiger charge is -2.00. The van der Waals surface area contributed by atoms with E-state index >= 15 is 0 Å². The summed E-state index contributed by atoms with van der Waals surface area (Å²) in [5.41, 5.74) is 2.20. The highest BCUT2D eigenvalue weighted by atomic mass is 127. The molecule has 0 atom stereocenters. The largest absolute Gasteiger partial charge is 0.453 e. The normalized spacial score (nSPS) is 11.2. The van der Waals surface area contributed by atoms with Gasteiger partial charge in [-0.15, -0.1) is 0 Å². The molecule has 1 N–H and O–H groups in total. The molecule has 4 rings (SSSR count). The maximum atomic E-state index is 12.3. The minimum atomic E-state index is -0.0730. The summed E-state index contributed by atoms with van der Waals surface area (Å²) in [6, 6.07) is 14.8. The summed E-state index contributed by atoms with van der Waals surface area (Å²) in [5, 5.41) is 4.61. The van der Waals surface area contributed by atoms with E-state index in [1.807, 2.05) is 49.5 Å². The number of fused-ring (bicyclic) bond motifs is 2. The molecular formula is C18H12INO3. The van der Waals surface area contributed by atoms with E-state index in [4.69, 9.17) is 8.83 Å². The van der Waals surface area contributed by atoms with Crippen molar-refractivity contribution in [2.45, 2.75) is 0 Å². The van der Waals surface area contributed by atoms with E-state index in [9.17, 15) is 4.79 Å². The third-order valence-corrected chi connectivity index (χ3v) is 4.41. The van der Waals surface area contributed by atoms with Crippen LogP contribution in [0.3, 0.4) is 0 Å². The fourth-order valence-corrected chi connectivity index (χ4v) is 3.05. The van der Waals surface area contributed by atoms with Crippen LogP contribution in [0.1, 0.15) is 0 Å². The molecule has 2 aromatic carbocycles. The van der Waals surface area contributed by atoms with Crippen molar-refractivity contribution in [2.24, 2.45) is 0 Å². The Morgan fingerprint density at radius 1 is 0.913 bits per heavy atom. The number of nitrogens with one attached hydrogen (secondary N) is 1. The van der Waals surface area contributed by atoms with Crippen LogP contribution in [0.2, 0.25) is 0 Å². The number of hydrogen-bond acceptors (Lipinski definition) is 4. The number of furan rings is 1. The van der Waals surface area contributed by atoms with Crippen molar-refractivity contribution < 1.29 is 8.83 Å². The quantitative estimate of drug-likeness (QED) is 0.474. The molecule has 0 spiro atoms. The zero-order chi connectivity index (χ0) is 16.0. The molecule has 4 aromatic rings. The van der Waals surface area contributed by atoms with E-state index < -0.39 is 0 Å². The molecule has 23 heavy (non-hydrogen) atoms. The van der Waals surface area contributed by atoms with Crippen molar-refractivity contribution in [2.75, 3.05) is 12.4 Å². The molecule has 114 valence electrons. The predicted octanol–water partition coefficient (Wildman–Crippen LogP) is 4.85. The minimum Gasteiger partial charge on any atom is -0.453 e. The van der Waals surface area contributed by atoms with Crippen molar-refractivity contribution in [3.05, 3.63) is 62.3 Å². The van der Waals surface area contributed by atoms with Crippen molar-refractivity contribution >= 4 is 50.2 Å². The van der Waals surface area contributed by atoms with Crippen LogP contribution >= 0.6 is 22.6 Å². The van der Waals surface area contributed by atoms with E-state index in [1.165, 1.54) is 6.07 Å². The fraction of sp³-hybridized carbons (Fsp3) is 0.0556. The Balaban J connectivity index is 1.91. The van der Waals surface area contributed by atoms with Gasteiger partial charge in [-0.3, -0.25) is 4.79 Å². The number of benzene rings is 2. The first-order valence-corrected chi connectivity index (χ1v) is 8.17. The molecule has 2 aromatic heterocycles. The van der Waals surface area contributed by atoms with Crippen LogP contribution in [0.4, 0.5) is 5.69 Å². The first-order valence-electron chi connectivity index (χ1n) is 7.09. The van der Waals surface area contributed by atoms with Gasteiger partial charge in [-0.25, -0.2) is 0 Å². The summed E-state index contributed by atoms with van der Waals surface area (Å²) in [6.07, 6.45) is 0. The standard InChI is InChI=1S/C18H12INO3/c1-20-12-4-2-10-6-17(23-16(10)8-12)18-9-14(21)13-7-11(19)3-5-15(13)22-18/h2-9,20H,1H3. The second kappa shape index (κ2) is 5.42. The number of hydrogen-bond donors (Lipinski definition) is 1. The Morgan fingerprint density at radius 3 is 2.52 bits per heavy atom. The molecule has 0 saturated carbocycles. The summed E-state index contributed by atoms with van der Waals surface area (Å²) in [5.74, 6) is 0.983. The molecule has 0 aliphatic carbocycles. The first-order chi connectivity index (χ1) is 11.1. The van der Waals surface area contributed by atoms with Gasteiger partial charge in [0, 0.05) is 33.8 Å². The van der Waals surface area contributed by atoms with Crippen LogP contribution in [0.25, 0.3) is 33.5 Å². The zero-order valence-corrected chi connectivity index (χ0v) is 14.4. The number of anilines is 1. The highest BCUT2D eigenvalue weighted by Crippen LogP contribution is 2.30. The predicted molar refractivity (Wildman–Crippen MR) is 100.0 cm³/mol. The molecule has 0 unspecified atom stereocenters. The lowest BCUT2D eigenvalue weighted by molar-refractivity contribution is 0.562. The van der Waals surface area contributed by atoms with Crippen LogP contribution in [0.5, 0.6) is 0 Å². The lowest BCUT2D eigenvalue weighted by atomic mass is 10.2. The van der Waals surface area contributed by atoms with Gasteiger partial charge in [0.25, 0.3) is 0 Å². The molecule has 4 nitrogen and oxygen atoms in total. The third kappa shape index (κ3) is 2.50. The summed E-state index contributed by atoms with van der Waals surface area (Å²) in [4.78, 5) is 12.3. The third-order valence-electron chi connectivity index (χ3n) is 3.74. The van der Waals surface area contributed by atoms with Crippen LogP contribution in [0, 0.1) is 3.57 Å². The monoisotopic (exact) mass is 417 g/mol. The van der Waals surface area contributed by atoms with Gasteiger partial charge in [0.15, 0.2) is 16.9 Å². The van der Waals surface area contributed by atoms with Gasteiger partial charge in [0.2, 0.25) is 0 Å². The Kier molecular flexibility index (Phi) is 3.37. The van der Waals surface area contributed by atoms with Gasteiger partial charge in [0.05, 0.1) is 5.39 Å². The molecule has 0 amide bonds. The topological polar surface area (TPSA) is 55.4 Å². The maximum absolute atomic E-state index is 12.3. The van der Waals surface area contributed by atoms with E-state index in [-0.39, 0.29) is 5.43 Å². The van der Waals surface area contributed by atoms with E-state index in [1.54, 1.807) is 0 Å². The Labute approximate surface area is 145 Å². The number of halogens is 1. The zero-order valence-electron chi connectivity index (χ0n) is 12.2. The smallest absolute Gasteiger partial charge is 0.193 e. The second-order valence-electron chi connectivity index (χ2n) is 5.23. The maximum Gasteiger partial charge on any atom is 0.193 e. The molecule has 0 saturated heterocycles. The van der Waals surface area contributed by atoms with E-state index in [0.717, 1.165) is 20.2 Å². The molecule has 0 fully saturated rings. The van der Waals surface area contributed by atoms with Gasteiger partial charge in [-0.2, -0.15) is 0 Å². The van der Waals surface area contributed by atoms with Crippen LogP contribution in [0.15, 0.2) is 62.2 Å². The second-order valence-corrected chi connectivity index (χ2v) is 6.47. The molecular weight excluding hydrogens is 405 g/mol. The summed E-state index contributed by atoms with van der Waals surface area (Å²) in [6.45, 7) is 0. The molecule has 0 bridgehead atoms. The highest BCUT2D eigenvalue weighted by Gasteiger charge is 2.12. The minimum absolute atomic E-state index is 0.0730. The average molecular weight is 417 g/mol. The molecule has 0 radical (unpaired) electrons. The van der Waals surface area contributed by atoms with Crippen LogP contribution < -0.4 is 10.7 Å². The Bertz CT molecular complexity index is 1090. The van der Waals surface area contributed by atoms with Gasteiger partial charge >= 0.3 is 0 Å². The average Bonchev–Trinajstić information content (AvgIpc) is 2.98. The SMILES string of the molecule is CNc1ccc2cc(-c3cc(=O)c4cc(I)ccc4o3)oc2c1. The molecule has 2 heterocycles. The van der Waals surface area contributed by atoms with Crippen LogP contribution in [-0.2, 0) is 0 Å². The van der Waals surface area contributed by atoms with Gasteiger partial charge in [0.1, 0.15) is 11.2 Å². The van der Waals surface area contributed by atoms with Gasteiger partial charge in [-0.1, -0.05) is 0 Å². The van der Waals surface area contributed by atoms with Crippen molar-refractivity contribution in [3.8, 4) is 11.5 Å².